The van der Waals surface area contributed by atoms with Crippen LogP contribution < -0.4 is 5.32 Å². The number of hydrogen-bond acceptors (Lipinski definition) is 4. The molecule has 22 heavy (non-hydrogen) atoms. The summed E-state index contributed by atoms with van der Waals surface area (Å²) in [6.07, 6.45) is 6.30. The lowest BCUT2D eigenvalue weighted by Gasteiger charge is -2.05. The highest BCUT2D eigenvalue weighted by Gasteiger charge is 2.13. The maximum Gasteiger partial charge on any atom is 0.282 e. The van der Waals surface area contributed by atoms with Crippen LogP contribution in [0.15, 0.2) is 63.4 Å². The minimum absolute atomic E-state index is 0.162. The van der Waals surface area contributed by atoms with E-state index in [0.29, 0.717) is 17.8 Å². The highest BCUT2D eigenvalue weighted by Crippen LogP contribution is 2.15. The van der Waals surface area contributed by atoms with Gasteiger partial charge < -0.3 is 5.32 Å². The van der Waals surface area contributed by atoms with Crippen LogP contribution in [-0.2, 0) is 16.6 Å². The molecule has 0 unspecified atom stereocenters. The molecule has 1 aliphatic carbocycles. The fourth-order valence-electron chi connectivity index (χ4n) is 1.85. The van der Waals surface area contributed by atoms with E-state index in [4.69, 9.17) is 5.41 Å². The molecule has 114 valence electrons. The third kappa shape index (κ3) is 4.11. The first kappa shape index (κ1) is 16.1. The molecule has 0 spiro atoms. The van der Waals surface area contributed by atoms with Crippen LogP contribution in [0.4, 0.5) is 0 Å². The maximum absolute atomic E-state index is 12.2. The molecular formula is C16H17N3O2S. The first-order chi connectivity index (χ1) is 10.5. The second-order valence-corrected chi connectivity index (χ2v) is 6.27. The molecule has 6 heteroatoms. The Labute approximate surface area is 130 Å². The smallest absolute Gasteiger partial charge is 0.282 e. The molecule has 2 N–H and O–H groups in total. The molecule has 5 nitrogen and oxygen atoms in total. The first-order valence-electron chi connectivity index (χ1n) is 6.85. The average molecular weight is 315 g/mol. The van der Waals surface area contributed by atoms with Gasteiger partial charge >= 0.3 is 0 Å². The van der Waals surface area contributed by atoms with E-state index < -0.39 is 10.0 Å². The molecule has 1 aromatic carbocycles. The number of nitrogens with zero attached hydrogens (tertiary/aromatic N) is 1. The summed E-state index contributed by atoms with van der Waals surface area (Å²) in [7, 11) is -3.73. The molecule has 1 aromatic rings. The Bertz CT molecular complexity index is 763. The van der Waals surface area contributed by atoms with Gasteiger partial charge in [-0.15, -0.1) is 0 Å². The number of sulfonamides is 1. The van der Waals surface area contributed by atoms with Gasteiger partial charge in [-0.1, -0.05) is 19.1 Å². The summed E-state index contributed by atoms with van der Waals surface area (Å²) in [5.41, 5.74) is 1.92. The van der Waals surface area contributed by atoms with Gasteiger partial charge in [0.15, 0.2) is 0 Å². The number of benzene rings is 1. The summed E-state index contributed by atoms with van der Waals surface area (Å²) < 4.78 is 28.3. The highest BCUT2D eigenvalue weighted by atomic mass is 32.2. The van der Waals surface area contributed by atoms with Gasteiger partial charge in [-0.2, -0.15) is 12.8 Å². The summed E-state index contributed by atoms with van der Waals surface area (Å²) in [6.45, 7) is 3.58. The normalized spacial score (nSPS) is 14.0. The van der Waals surface area contributed by atoms with Crippen LogP contribution in [0.5, 0.6) is 0 Å². The summed E-state index contributed by atoms with van der Waals surface area (Å²) in [5.74, 6) is 2.22. The van der Waals surface area contributed by atoms with Crippen LogP contribution in [0.1, 0.15) is 12.5 Å². The quantitative estimate of drug-likeness (QED) is 0.817. The van der Waals surface area contributed by atoms with E-state index in [1.54, 1.807) is 48.6 Å². The maximum atomic E-state index is 12.2. The molecule has 2 rings (SSSR count). The van der Waals surface area contributed by atoms with E-state index >= 15 is 0 Å². The highest BCUT2D eigenvalue weighted by molar-refractivity contribution is 7.90. The molecular weight excluding hydrogens is 298 g/mol. The second kappa shape index (κ2) is 7.13. The second-order valence-electron chi connectivity index (χ2n) is 4.66. The van der Waals surface area contributed by atoms with Crippen molar-refractivity contribution in [3.05, 3.63) is 59.7 Å². The van der Waals surface area contributed by atoms with Gasteiger partial charge in [0.1, 0.15) is 0 Å². The summed E-state index contributed by atoms with van der Waals surface area (Å²) >= 11 is 0. The monoisotopic (exact) mass is 315 g/mol. The van der Waals surface area contributed by atoms with Crippen LogP contribution in [0.3, 0.4) is 0 Å². The first-order valence-corrected chi connectivity index (χ1v) is 8.29. The summed E-state index contributed by atoms with van der Waals surface area (Å²) in [4.78, 5) is 0.162. The van der Waals surface area contributed by atoms with Crippen molar-refractivity contribution in [2.75, 3.05) is 6.54 Å². The van der Waals surface area contributed by atoms with Crippen LogP contribution >= 0.6 is 0 Å². The molecule has 0 atom stereocenters. The van der Waals surface area contributed by atoms with Gasteiger partial charge in [-0.25, -0.2) is 0 Å². The molecule has 0 saturated heterocycles. The van der Waals surface area contributed by atoms with Crippen molar-refractivity contribution in [2.45, 2.75) is 18.4 Å². The van der Waals surface area contributed by atoms with Crippen LogP contribution in [0.25, 0.3) is 0 Å². The van der Waals surface area contributed by atoms with Crippen LogP contribution in [0.2, 0.25) is 0 Å². The zero-order chi connectivity index (χ0) is 16.0. The van der Waals surface area contributed by atoms with Gasteiger partial charge in [0, 0.05) is 12.1 Å². The fourth-order valence-corrected chi connectivity index (χ4v) is 2.83. The third-order valence-electron chi connectivity index (χ3n) is 3.04. The largest absolute Gasteiger partial charge is 0.313 e. The van der Waals surface area contributed by atoms with Gasteiger partial charge in [0.2, 0.25) is 0 Å². The van der Waals surface area contributed by atoms with Gasteiger partial charge in [-0.3, -0.25) is 5.41 Å². The SMILES string of the molecule is CCNCc1ccc(S(=O)(=O)N=C2C=CC(=C=N)C=C2)cc1. The Kier molecular flexibility index (Phi) is 5.22. The Morgan fingerprint density at radius 2 is 1.77 bits per heavy atom. The lowest BCUT2D eigenvalue weighted by Crippen LogP contribution is -2.11. The average Bonchev–Trinajstić information content (AvgIpc) is 2.53. The van der Waals surface area contributed by atoms with Crippen molar-refractivity contribution < 1.29 is 8.42 Å². The predicted molar refractivity (Wildman–Crippen MR) is 88.0 cm³/mol. The molecule has 0 radical (unpaired) electrons. The lowest BCUT2D eigenvalue weighted by atomic mass is 10.1. The van der Waals surface area contributed by atoms with Gasteiger partial charge in [0.25, 0.3) is 10.0 Å². The van der Waals surface area contributed by atoms with E-state index in [2.05, 4.69) is 15.6 Å². The van der Waals surface area contributed by atoms with E-state index in [1.165, 1.54) is 0 Å². The number of rotatable bonds is 5. The Balaban J connectivity index is 2.21. The van der Waals surface area contributed by atoms with Crippen molar-refractivity contribution in [3.8, 4) is 0 Å². The summed E-state index contributed by atoms with van der Waals surface area (Å²) in [6, 6.07) is 6.67. The standard InChI is InChI=1S/C16H17N3O2S/c1-2-18-12-14-5-9-16(10-6-14)22(20,21)19-15-7-3-13(11-17)4-8-15/h3-10,17-18H,2,12H2,1H3. The van der Waals surface area contributed by atoms with Crippen molar-refractivity contribution in [3.63, 3.8) is 0 Å². The zero-order valence-electron chi connectivity index (χ0n) is 12.2. The number of hydrogen-bond donors (Lipinski definition) is 2. The van der Waals surface area contributed by atoms with E-state index in [9.17, 15) is 8.42 Å². The van der Waals surface area contributed by atoms with Crippen molar-refractivity contribution in [2.24, 2.45) is 4.40 Å². The molecule has 0 saturated carbocycles. The lowest BCUT2D eigenvalue weighted by molar-refractivity contribution is 0.598. The van der Waals surface area contributed by atoms with Crippen molar-refractivity contribution in [1.29, 1.82) is 5.41 Å². The molecule has 0 aromatic heterocycles. The fraction of sp³-hybridized carbons (Fsp3) is 0.188. The Morgan fingerprint density at radius 3 is 2.32 bits per heavy atom. The van der Waals surface area contributed by atoms with Crippen LogP contribution in [-0.4, -0.2) is 26.5 Å². The zero-order valence-corrected chi connectivity index (χ0v) is 13.0. The molecule has 0 aliphatic heterocycles. The Morgan fingerprint density at radius 1 is 1.14 bits per heavy atom. The van der Waals surface area contributed by atoms with E-state index in [1.807, 2.05) is 6.92 Å². The van der Waals surface area contributed by atoms with Crippen LogP contribution in [0, 0.1) is 5.41 Å². The van der Waals surface area contributed by atoms with Gasteiger partial charge in [0.05, 0.1) is 10.6 Å². The summed E-state index contributed by atoms with van der Waals surface area (Å²) in [5, 5.41) is 10.2. The Hall–Kier alpha value is -2.27. The van der Waals surface area contributed by atoms with Crippen molar-refractivity contribution >= 4 is 21.6 Å². The minimum atomic E-state index is -3.73. The molecule has 0 amide bonds. The third-order valence-corrected chi connectivity index (χ3v) is 4.36. The molecule has 0 fully saturated rings. The minimum Gasteiger partial charge on any atom is -0.313 e. The van der Waals surface area contributed by atoms with Crippen molar-refractivity contribution in [1.82, 2.24) is 5.32 Å². The number of allylic oxidation sites excluding steroid dienone is 5. The van der Waals surface area contributed by atoms with E-state index in [0.717, 1.165) is 12.1 Å². The number of nitrogens with one attached hydrogen (secondary N) is 2. The molecule has 0 heterocycles. The molecule has 0 bridgehead atoms. The van der Waals surface area contributed by atoms with E-state index in [-0.39, 0.29) is 4.90 Å². The van der Waals surface area contributed by atoms with Gasteiger partial charge in [-0.05, 0) is 54.4 Å². The predicted octanol–water partition coefficient (Wildman–Crippen LogP) is 2.23. The molecule has 1 aliphatic rings. The topological polar surface area (TPSA) is 82.4 Å².